The number of aromatic amines is 1. The van der Waals surface area contributed by atoms with Crippen molar-refractivity contribution >= 4 is 22.4 Å². The molecule has 0 atom stereocenters. The van der Waals surface area contributed by atoms with E-state index in [9.17, 15) is 9.18 Å². The zero-order valence-corrected chi connectivity index (χ0v) is 17.6. The summed E-state index contributed by atoms with van der Waals surface area (Å²) in [7, 11) is 1.59. The maximum absolute atomic E-state index is 13.6. The van der Waals surface area contributed by atoms with E-state index in [4.69, 9.17) is 9.72 Å². The van der Waals surface area contributed by atoms with Crippen molar-refractivity contribution in [3.05, 3.63) is 94.2 Å². The predicted molar refractivity (Wildman–Crippen MR) is 124 cm³/mol. The van der Waals surface area contributed by atoms with Gasteiger partial charge in [0, 0.05) is 18.8 Å². The van der Waals surface area contributed by atoms with Crippen LogP contribution < -0.4 is 15.6 Å². The topological polar surface area (TPSA) is 71.4 Å². The summed E-state index contributed by atoms with van der Waals surface area (Å²) in [5.74, 6) is 1.05. The Labute approximate surface area is 183 Å². The number of anilines is 1. The summed E-state index contributed by atoms with van der Waals surface area (Å²) in [6.45, 7) is 2.36. The van der Waals surface area contributed by atoms with Crippen LogP contribution in [0.2, 0.25) is 0 Å². The summed E-state index contributed by atoms with van der Waals surface area (Å²) in [5.41, 5.74) is 3.95. The van der Waals surface area contributed by atoms with Crippen LogP contribution in [-0.4, -0.2) is 21.5 Å². The molecule has 0 spiro atoms. The Kier molecular flexibility index (Phi) is 4.86. The van der Waals surface area contributed by atoms with Crippen molar-refractivity contribution < 1.29 is 9.13 Å². The number of hydrogen-bond donors (Lipinski definition) is 2. The number of fused-ring (bicyclic) bond motifs is 2. The number of aryl methyl sites for hydroxylation is 1. The highest BCUT2D eigenvalue weighted by atomic mass is 19.1. The molecule has 5 aromatic rings. The first-order valence-electron chi connectivity index (χ1n) is 10.2. The van der Waals surface area contributed by atoms with Gasteiger partial charge in [0.25, 0.3) is 5.56 Å². The molecule has 3 aromatic heterocycles. The summed E-state index contributed by atoms with van der Waals surface area (Å²) < 4.78 is 20.8. The molecule has 32 heavy (non-hydrogen) atoms. The van der Waals surface area contributed by atoms with Gasteiger partial charge in [0.1, 0.15) is 28.7 Å². The Morgan fingerprint density at radius 2 is 2.00 bits per heavy atom. The lowest BCUT2D eigenvalue weighted by atomic mass is 10.1. The van der Waals surface area contributed by atoms with Crippen LogP contribution in [0, 0.1) is 12.7 Å². The minimum absolute atomic E-state index is 0.249. The molecule has 0 saturated heterocycles. The second kappa shape index (κ2) is 7.85. The molecule has 2 aromatic carbocycles. The molecule has 160 valence electrons. The summed E-state index contributed by atoms with van der Waals surface area (Å²) in [6, 6.07) is 17.7. The van der Waals surface area contributed by atoms with E-state index in [1.165, 1.54) is 12.1 Å². The monoisotopic (exact) mass is 428 g/mol. The number of methoxy groups -OCH3 is 1. The molecule has 0 aliphatic rings. The van der Waals surface area contributed by atoms with Gasteiger partial charge in [-0.2, -0.15) is 0 Å². The van der Waals surface area contributed by atoms with Crippen molar-refractivity contribution in [3.63, 3.8) is 0 Å². The maximum atomic E-state index is 13.6. The smallest absolute Gasteiger partial charge is 0.258 e. The van der Waals surface area contributed by atoms with Crippen LogP contribution >= 0.6 is 0 Å². The fourth-order valence-corrected chi connectivity index (χ4v) is 3.88. The van der Waals surface area contributed by atoms with Gasteiger partial charge in [-0.1, -0.05) is 18.2 Å². The quantitative estimate of drug-likeness (QED) is 0.417. The van der Waals surface area contributed by atoms with Crippen molar-refractivity contribution in [2.75, 3.05) is 12.4 Å². The first-order chi connectivity index (χ1) is 15.5. The Balaban J connectivity index is 1.66. The highest BCUT2D eigenvalue weighted by Gasteiger charge is 2.18. The molecule has 5 rings (SSSR count). The van der Waals surface area contributed by atoms with Gasteiger partial charge in [0.2, 0.25) is 0 Å². The minimum atomic E-state index is -0.292. The second-order valence-electron chi connectivity index (χ2n) is 7.64. The highest BCUT2D eigenvalue weighted by molar-refractivity contribution is 5.87. The van der Waals surface area contributed by atoms with Gasteiger partial charge >= 0.3 is 0 Å². The zero-order chi connectivity index (χ0) is 22.2. The maximum Gasteiger partial charge on any atom is 0.258 e. The number of nitrogens with one attached hydrogen (secondary N) is 2. The van der Waals surface area contributed by atoms with Crippen LogP contribution in [-0.2, 0) is 6.54 Å². The van der Waals surface area contributed by atoms with E-state index in [-0.39, 0.29) is 11.4 Å². The third-order valence-electron chi connectivity index (χ3n) is 5.50. The lowest BCUT2D eigenvalue weighted by molar-refractivity contribution is 0.415. The molecule has 2 N–H and O–H groups in total. The summed E-state index contributed by atoms with van der Waals surface area (Å²) in [4.78, 5) is 20.8. The molecule has 0 radical (unpaired) electrons. The number of hydrogen-bond acceptors (Lipinski definition) is 4. The van der Waals surface area contributed by atoms with Gasteiger partial charge in [-0.05, 0) is 59.8 Å². The van der Waals surface area contributed by atoms with Gasteiger partial charge in [-0.15, -0.1) is 0 Å². The average molecular weight is 428 g/mol. The van der Waals surface area contributed by atoms with Gasteiger partial charge in [-0.3, -0.25) is 9.20 Å². The van der Waals surface area contributed by atoms with Gasteiger partial charge in [-0.25, -0.2) is 9.37 Å². The van der Waals surface area contributed by atoms with E-state index in [0.717, 1.165) is 22.2 Å². The van der Waals surface area contributed by atoms with Crippen LogP contribution in [0.5, 0.6) is 5.75 Å². The summed E-state index contributed by atoms with van der Waals surface area (Å²) in [5, 5.41) is 4.23. The number of ether oxygens (including phenoxy) is 1. The van der Waals surface area contributed by atoms with E-state index >= 15 is 0 Å². The van der Waals surface area contributed by atoms with E-state index in [1.807, 2.05) is 53.9 Å². The predicted octanol–water partition coefficient (Wildman–Crippen LogP) is 4.91. The molecule has 0 aliphatic heterocycles. The summed E-state index contributed by atoms with van der Waals surface area (Å²) >= 11 is 0. The number of H-pyrrole nitrogens is 1. The van der Waals surface area contributed by atoms with Crippen molar-refractivity contribution in [1.29, 1.82) is 0 Å². The molecule has 0 saturated carbocycles. The first-order valence-corrected chi connectivity index (χ1v) is 10.2. The summed E-state index contributed by atoms with van der Waals surface area (Å²) in [6.07, 6.45) is 1.90. The average Bonchev–Trinajstić information content (AvgIpc) is 3.16. The van der Waals surface area contributed by atoms with E-state index in [2.05, 4.69) is 10.3 Å². The molecular formula is C25H21FN4O2. The van der Waals surface area contributed by atoms with E-state index < -0.39 is 0 Å². The first kappa shape index (κ1) is 19.8. The van der Waals surface area contributed by atoms with Crippen molar-refractivity contribution in [1.82, 2.24) is 14.4 Å². The molecule has 0 aliphatic carbocycles. The number of benzene rings is 2. The van der Waals surface area contributed by atoms with Gasteiger partial charge in [0.05, 0.1) is 18.2 Å². The molecule has 7 heteroatoms. The Morgan fingerprint density at radius 3 is 2.81 bits per heavy atom. The van der Waals surface area contributed by atoms with E-state index in [1.54, 1.807) is 19.2 Å². The van der Waals surface area contributed by atoms with Crippen LogP contribution in [0.4, 0.5) is 10.2 Å². The number of pyridine rings is 2. The molecule has 0 amide bonds. The molecule has 0 fully saturated rings. The Hall–Kier alpha value is -4.13. The molecule has 0 unspecified atom stereocenters. The van der Waals surface area contributed by atoms with Crippen LogP contribution in [0.15, 0.2) is 71.7 Å². The number of imidazole rings is 1. The highest BCUT2D eigenvalue weighted by Crippen LogP contribution is 2.30. The Morgan fingerprint density at radius 1 is 1.12 bits per heavy atom. The molecule has 6 nitrogen and oxygen atoms in total. The minimum Gasteiger partial charge on any atom is -0.497 e. The van der Waals surface area contributed by atoms with Crippen molar-refractivity contribution in [2.45, 2.75) is 13.5 Å². The van der Waals surface area contributed by atoms with Crippen molar-refractivity contribution in [3.8, 4) is 17.0 Å². The van der Waals surface area contributed by atoms with Crippen LogP contribution in [0.3, 0.4) is 0 Å². The van der Waals surface area contributed by atoms with E-state index in [0.29, 0.717) is 34.9 Å². The standard InChI is InChI=1S/C25H21FN4O2/c1-15-5-4-10-30-23(15)29-22(24(30)27-14-16-6-3-7-18(26)11-16)20-12-17-8-9-19(32-2)13-21(17)28-25(20)31/h3-13,27H,14H2,1-2H3,(H,28,31). The van der Waals surface area contributed by atoms with Crippen LogP contribution in [0.1, 0.15) is 11.1 Å². The lowest BCUT2D eigenvalue weighted by Crippen LogP contribution is -2.11. The van der Waals surface area contributed by atoms with Crippen molar-refractivity contribution in [2.24, 2.45) is 0 Å². The Bertz CT molecular complexity index is 1520. The number of halogens is 1. The third kappa shape index (κ3) is 3.47. The molecule has 0 bridgehead atoms. The largest absolute Gasteiger partial charge is 0.497 e. The van der Waals surface area contributed by atoms with Gasteiger partial charge < -0.3 is 15.0 Å². The number of rotatable bonds is 5. The second-order valence-corrected chi connectivity index (χ2v) is 7.64. The fraction of sp³-hybridized carbons (Fsp3) is 0.120. The molecule has 3 heterocycles. The number of aromatic nitrogens is 3. The van der Waals surface area contributed by atoms with Gasteiger partial charge in [0.15, 0.2) is 0 Å². The third-order valence-corrected chi connectivity index (χ3v) is 5.50. The lowest BCUT2D eigenvalue weighted by Gasteiger charge is -2.10. The SMILES string of the molecule is COc1ccc2cc(-c3nc4c(C)cccn4c3NCc3cccc(F)c3)c(=O)[nH]c2c1. The number of nitrogens with zero attached hydrogens (tertiary/aromatic N) is 2. The zero-order valence-electron chi connectivity index (χ0n) is 17.6. The normalized spacial score (nSPS) is 11.2. The fourth-order valence-electron chi connectivity index (χ4n) is 3.88. The molecular weight excluding hydrogens is 407 g/mol. The van der Waals surface area contributed by atoms with Crippen LogP contribution in [0.25, 0.3) is 27.8 Å².